The highest BCUT2D eigenvalue weighted by Crippen LogP contribution is 2.09. The minimum Gasteiger partial charge on any atom is -0.467 e. The number of hydrogen-bond donors (Lipinski definition) is 2. The molecule has 0 aliphatic carbocycles. The van der Waals surface area contributed by atoms with Crippen LogP contribution in [0.4, 0.5) is 0 Å². The number of aromatic amines is 1. The number of rotatable bonds is 8. The predicted octanol–water partition coefficient (Wildman–Crippen LogP) is 1.64. The minimum absolute atomic E-state index is 0.275. The van der Waals surface area contributed by atoms with Crippen LogP contribution in [0.25, 0.3) is 10.9 Å². The molecule has 8 heteroatoms. The third-order valence-electron chi connectivity index (χ3n) is 4.14. The second-order valence-electron chi connectivity index (χ2n) is 5.98. The molecule has 0 aliphatic rings. The maximum absolute atomic E-state index is 12.3. The van der Waals surface area contributed by atoms with Crippen LogP contribution >= 0.6 is 0 Å². The number of fused-ring (bicyclic) bond motifs is 1. The van der Waals surface area contributed by atoms with Crippen molar-refractivity contribution in [3.05, 3.63) is 68.8 Å². The fourth-order valence-electron chi connectivity index (χ4n) is 2.73. The Hall–Kier alpha value is -3.13. The molecule has 0 fully saturated rings. The summed E-state index contributed by atoms with van der Waals surface area (Å²) in [4.78, 5) is 39.1. The van der Waals surface area contributed by atoms with Crippen molar-refractivity contribution in [2.24, 2.45) is 0 Å². The number of carbonyl (C=O) groups excluding carboxylic acids is 1. The van der Waals surface area contributed by atoms with Gasteiger partial charge in [0.2, 0.25) is 0 Å². The quantitative estimate of drug-likeness (QED) is 0.586. The van der Waals surface area contributed by atoms with E-state index in [1.807, 2.05) is 6.07 Å². The van der Waals surface area contributed by atoms with Gasteiger partial charge in [-0.25, -0.2) is 4.79 Å². The summed E-state index contributed by atoms with van der Waals surface area (Å²) in [7, 11) is 0. The third-order valence-corrected chi connectivity index (χ3v) is 4.14. The summed E-state index contributed by atoms with van der Waals surface area (Å²) in [6.45, 7) is 3.34. The fraction of sp³-hybridized carbons (Fsp3) is 0.316. The lowest BCUT2D eigenvalue weighted by molar-refractivity contribution is 0.0917. The van der Waals surface area contributed by atoms with Crippen molar-refractivity contribution in [2.45, 2.75) is 26.5 Å². The topological polar surface area (TPSA) is 106 Å². The maximum atomic E-state index is 12.3. The Morgan fingerprint density at radius 2 is 2.15 bits per heavy atom. The Kier molecular flexibility index (Phi) is 5.87. The van der Waals surface area contributed by atoms with Gasteiger partial charge in [0.1, 0.15) is 12.4 Å². The first-order valence-electron chi connectivity index (χ1n) is 8.75. The standard InChI is InChI=1S/C19H21N3O5/c1-2-22-18(24)15-7-6-13(11-16(15)21-19(22)25)17(23)20-8-4-9-26-12-14-5-3-10-27-14/h3,5-7,10-11H,2,4,8-9,12H2,1H3,(H,20,23)(H,21,25). The zero-order chi connectivity index (χ0) is 19.2. The third kappa shape index (κ3) is 4.35. The molecule has 0 atom stereocenters. The van der Waals surface area contributed by atoms with E-state index in [0.29, 0.717) is 42.6 Å². The number of furan rings is 1. The van der Waals surface area contributed by atoms with Gasteiger partial charge in [-0.1, -0.05) is 0 Å². The lowest BCUT2D eigenvalue weighted by Crippen LogP contribution is -2.34. The molecule has 8 nitrogen and oxygen atoms in total. The fourth-order valence-corrected chi connectivity index (χ4v) is 2.73. The number of H-pyrrole nitrogens is 1. The molecule has 2 heterocycles. The van der Waals surface area contributed by atoms with Crippen molar-refractivity contribution < 1.29 is 13.9 Å². The van der Waals surface area contributed by atoms with Crippen LogP contribution in [0, 0.1) is 0 Å². The van der Waals surface area contributed by atoms with E-state index in [1.165, 1.54) is 6.07 Å². The van der Waals surface area contributed by atoms with E-state index in [0.717, 1.165) is 10.3 Å². The summed E-state index contributed by atoms with van der Waals surface area (Å²) >= 11 is 0. The van der Waals surface area contributed by atoms with Crippen molar-refractivity contribution in [1.82, 2.24) is 14.9 Å². The highest BCUT2D eigenvalue weighted by molar-refractivity contribution is 5.97. The molecule has 0 spiro atoms. The van der Waals surface area contributed by atoms with E-state index in [1.54, 1.807) is 31.4 Å². The van der Waals surface area contributed by atoms with Crippen LogP contribution in [-0.4, -0.2) is 28.6 Å². The van der Waals surface area contributed by atoms with E-state index >= 15 is 0 Å². The molecule has 0 bridgehead atoms. The highest BCUT2D eigenvalue weighted by atomic mass is 16.5. The number of amides is 1. The van der Waals surface area contributed by atoms with Crippen LogP contribution in [0.2, 0.25) is 0 Å². The number of carbonyl (C=O) groups is 1. The van der Waals surface area contributed by atoms with E-state index in [2.05, 4.69) is 10.3 Å². The van der Waals surface area contributed by atoms with Gasteiger partial charge in [0.25, 0.3) is 11.5 Å². The van der Waals surface area contributed by atoms with E-state index < -0.39 is 5.69 Å². The van der Waals surface area contributed by atoms with Gasteiger partial charge in [0.15, 0.2) is 0 Å². The summed E-state index contributed by atoms with van der Waals surface area (Å²) in [5.74, 6) is 0.481. The first-order chi connectivity index (χ1) is 13.1. The normalized spacial score (nSPS) is 11.0. The lowest BCUT2D eigenvalue weighted by atomic mass is 10.1. The Morgan fingerprint density at radius 3 is 2.89 bits per heavy atom. The summed E-state index contributed by atoms with van der Waals surface area (Å²) in [5.41, 5.74) is -0.120. The molecule has 0 aliphatic heterocycles. The Labute approximate surface area is 154 Å². The van der Waals surface area contributed by atoms with Crippen LogP contribution in [0.5, 0.6) is 0 Å². The van der Waals surface area contributed by atoms with Crippen LogP contribution < -0.4 is 16.6 Å². The van der Waals surface area contributed by atoms with Gasteiger partial charge in [-0.05, 0) is 43.7 Å². The van der Waals surface area contributed by atoms with Gasteiger partial charge in [-0.2, -0.15) is 0 Å². The van der Waals surface area contributed by atoms with Gasteiger partial charge >= 0.3 is 5.69 Å². The average molecular weight is 371 g/mol. The highest BCUT2D eigenvalue weighted by Gasteiger charge is 2.10. The second-order valence-corrected chi connectivity index (χ2v) is 5.98. The molecule has 27 heavy (non-hydrogen) atoms. The zero-order valence-corrected chi connectivity index (χ0v) is 15.0. The summed E-state index contributed by atoms with van der Waals surface area (Å²) < 4.78 is 11.7. The largest absolute Gasteiger partial charge is 0.467 e. The molecule has 3 aromatic rings. The summed E-state index contributed by atoms with van der Waals surface area (Å²) in [6, 6.07) is 8.28. The molecule has 0 radical (unpaired) electrons. The van der Waals surface area contributed by atoms with Crippen molar-refractivity contribution in [1.29, 1.82) is 0 Å². The molecule has 2 N–H and O–H groups in total. The van der Waals surface area contributed by atoms with Gasteiger partial charge in [-0.15, -0.1) is 0 Å². The SMILES string of the molecule is CCn1c(=O)[nH]c2cc(C(=O)NCCCOCc3ccco3)ccc2c1=O. The molecule has 2 aromatic heterocycles. The Balaban J connectivity index is 1.56. The van der Waals surface area contributed by atoms with Gasteiger partial charge < -0.3 is 19.5 Å². The summed E-state index contributed by atoms with van der Waals surface area (Å²) in [6.07, 6.45) is 2.24. The van der Waals surface area contributed by atoms with Crippen molar-refractivity contribution in [3.63, 3.8) is 0 Å². The first-order valence-corrected chi connectivity index (χ1v) is 8.75. The monoisotopic (exact) mass is 371 g/mol. The summed E-state index contributed by atoms with van der Waals surface area (Å²) in [5, 5.41) is 3.17. The number of benzene rings is 1. The Bertz CT molecular complexity index is 1030. The molecule has 3 rings (SSSR count). The number of ether oxygens (including phenoxy) is 1. The average Bonchev–Trinajstić information content (AvgIpc) is 3.17. The second kappa shape index (κ2) is 8.50. The van der Waals surface area contributed by atoms with Gasteiger partial charge in [0, 0.05) is 25.3 Å². The number of hydrogen-bond acceptors (Lipinski definition) is 5. The number of nitrogens with zero attached hydrogens (tertiary/aromatic N) is 1. The van der Waals surface area contributed by atoms with Crippen LogP contribution in [-0.2, 0) is 17.9 Å². The molecule has 0 saturated carbocycles. The molecular formula is C19H21N3O5. The molecular weight excluding hydrogens is 350 g/mol. The first kappa shape index (κ1) is 18.7. The maximum Gasteiger partial charge on any atom is 0.328 e. The van der Waals surface area contributed by atoms with Crippen molar-refractivity contribution >= 4 is 16.8 Å². The predicted molar refractivity (Wildman–Crippen MR) is 99.8 cm³/mol. The molecule has 142 valence electrons. The van der Waals surface area contributed by atoms with Crippen LogP contribution in [0.15, 0.2) is 50.6 Å². The molecule has 0 unspecified atom stereocenters. The molecule has 0 saturated heterocycles. The van der Waals surface area contributed by atoms with Crippen molar-refractivity contribution in [3.8, 4) is 0 Å². The molecule has 1 amide bonds. The minimum atomic E-state index is -0.485. The molecule has 1 aromatic carbocycles. The van der Waals surface area contributed by atoms with E-state index in [-0.39, 0.29) is 18.0 Å². The zero-order valence-electron chi connectivity index (χ0n) is 15.0. The van der Waals surface area contributed by atoms with Crippen molar-refractivity contribution in [2.75, 3.05) is 13.2 Å². The van der Waals surface area contributed by atoms with Gasteiger partial charge in [-0.3, -0.25) is 14.2 Å². The Morgan fingerprint density at radius 1 is 1.30 bits per heavy atom. The number of nitrogens with one attached hydrogen (secondary N) is 2. The van der Waals surface area contributed by atoms with Crippen LogP contribution in [0.3, 0.4) is 0 Å². The smallest absolute Gasteiger partial charge is 0.328 e. The van der Waals surface area contributed by atoms with Crippen LogP contribution in [0.1, 0.15) is 29.5 Å². The number of aromatic nitrogens is 2. The van der Waals surface area contributed by atoms with E-state index in [4.69, 9.17) is 9.15 Å². The van der Waals surface area contributed by atoms with Gasteiger partial charge in [0.05, 0.1) is 17.2 Å². The van der Waals surface area contributed by atoms with E-state index in [9.17, 15) is 14.4 Å². The lowest BCUT2D eigenvalue weighted by Gasteiger charge is -2.07.